The van der Waals surface area contributed by atoms with Crippen LogP contribution in [0.2, 0.25) is 0 Å². The molecule has 1 aromatic heterocycles. The molecule has 0 aliphatic carbocycles. The Morgan fingerprint density at radius 2 is 2.28 bits per heavy atom. The Bertz CT molecular complexity index is 545. The number of fused-ring (bicyclic) bond motifs is 3. The third kappa shape index (κ3) is 1.16. The lowest BCUT2D eigenvalue weighted by atomic mass is 9.82. The Morgan fingerprint density at radius 1 is 1.56 bits per heavy atom. The van der Waals surface area contributed by atoms with E-state index in [1.165, 1.54) is 18.0 Å². The highest BCUT2D eigenvalue weighted by Gasteiger charge is 2.60. The zero-order valence-electron chi connectivity index (χ0n) is 9.52. The van der Waals surface area contributed by atoms with Crippen molar-refractivity contribution in [3.63, 3.8) is 0 Å². The Balaban J connectivity index is 2.10. The number of carbonyl (C=O) groups excluding carboxylic acids is 1. The molecule has 18 heavy (non-hydrogen) atoms. The number of aliphatic carboxylic acids is 1. The maximum absolute atomic E-state index is 11.9. The molecule has 0 unspecified atom stereocenters. The number of rotatable bonds is 2. The third-order valence-corrected chi connectivity index (χ3v) is 3.57. The molecule has 1 fully saturated rings. The highest BCUT2D eigenvalue weighted by atomic mass is 16.4. The minimum atomic E-state index is -1.13. The number of aromatic nitrogens is 2. The normalized spacial score (nSPS) is 30.4. The molecule has 2 aliphatic rings. The van der Waals surface area contributed by atoms with Crippen LogP contribution in [0.3, 0.4) is 0 Å². The predicted molar refractivity (Wildman–Crippen MR) is 57.2 cm³/mol. The van der Waals surface area contributed by atoms with Crippen LogP contribution < -0.4 is 0 Å². The molecule has 1 saturated heterocycles. The number of β-lactam (4-membered cyclic amide) rings is 1. The van der Waals surface area contributed by atoms with Crippen LogP contribution in [0.15, 0.2) is 12.3 Å². The van der Waals surface area contributed by atoms with Crippen LogP contribution in [0.1, 0.15) is 30.3 Å². The molecule has 94 valence electrons. The highest BCUT2D eigenvalue weighted by Crippen LogP contribution is 2.53. The monoisotopic (exact) mass is 249 g/mol. The lowest BCUT2D eigenvalue weighted by molar-refractivity contribution is -0.174. The average Bonchev–Trinajstić information content (AvgIpc) is 2.60. The quantitative estimate of drug-likeness (QED) is 0.684. The van der Waals surface area contributed by atoms with Crippen molar-refractivity contribution in [2.45, 2.75) is 25.1 Å². The van der Waals surface area contributed by atoms with Crippen LogP contribution >= 0.6 is 0 Å². The molecule has 0 spiro atoms. The van der Waals surface area contributed by atoms with Gasteiger partial charge in [-0.05, 0) is 13.0 Å². The van der Waals surface area contributed by atoms with E-state index in [0.29, 0.717) is 11.3 Å². The summed E-state index contributed by atoms with van der Waals surface area (Å²) in [4.78, 5) is 24.4. The van der Waals surface area contributed by atoms with Crippen molar-refractivity contribution >= 4 is 11.9 Å². The van der Waals surface area contributed by atoms with Crippen molar-refractivity contribution in [3.8, 4) is 0 Å². The van der Waals surface area contributed by atoms with Gasteiger partial charge in [-0.25, -0.2) is 4.79 Å². The van der Waals surface area contributed by atoms with Gasteiger partial charge in [0.05, 0.1) is 18.1 Å². The van der Waals surface area contributed by atoms with Crippen molar-refractivity contribution in [3.05, 3.63) is 23.5 Å². The Kier molecular flexibility index (Phi) is 2.15. The van der Waals surface area contributed by atoms with Gasteiger partial charge in [-0.15, -0.1) is 0 Å². The lowest BCUT2D eigenvalue weighted by Gasteiger charge is -2.45. The molecule has 7 nitrogen and oxygen atoms in total. The smallest absolute Gasteiger partial charge is 0.332 e. The number of amides is 1. The first kappa shape index (κ1) is 11.1. The zero-order valence-corrected chi connectivity index (χ0v) is 9.52. The molecule has 0 bridgehead atoms. The molecule has 4 atom stereocenters. The summed E-state index contributed by atoms with van der Waals surface area (Å²) in [5.74, 6) is -2.06. The number of carbonyl (C=O) groups is 2. The molecule has 0 radical (unpaired) electrons. The number of aliphatic hydroxyl groups is 1. The molecule has 0 saturated carbocycles. The first-order valence-electron chi connectivity index (χ1n) is 5.58. The summed E-state index contributed by atoms with van der Waals surface area (Å²) in [5.41, 5.74) is 0.967. The third-order valence-electron chi connectivity index (χ3n) is 3.57. The van der Waals surface area contributed by atoms with Crippen LogP contribution in [0.5, 0.6) is 0 Å². The topological polar surface area (TPSA) is 104 Å². The van der Waals surface area contributed by atoms with Gasteiger partial charge in [-0.3, -0.25) is 4.79 Å². The summed E-state index contributed by atoms with van der Waals surface area (Å²) < 4.78 is 0. The second-order valence-electron chi connectivity index (χ2n) is 4.57. The molecule has 7 heteroatoms. The molecule has 2 N–H and O–H groups in total. The average molecular weight is 249 g/mol. The van der Waals surface area contributed by atoms with Gasteiger partial charge in [-0.2, -0.15) is 10.2 Å². The zero-order chi connectivity index (χ0) is 13.0. The Morgan fingerprint density at radius 3 is 2.89 bits per heavy atom. The fraction of sp³-hybridized carbons (Fsp3) is 0.455. The van der Waals surface area contributed by atoms with Crippen LogP contribution in [0, 0.1) is 5.92 Å². The summed E-state index contributed by atoms with van der Waals surface area (Å²) in [5, 5.41) is 26.3. The minimum absolute atomic E-state index is 0.298. The van der Waals surface area contributed by atoms with E-state index in [0.717, 1.165) is 0 Å². The van der Waals surface area contributed by atoms with Crippen LogP contribution in [-0.2, 0) is 9.59 Å². The molecule has 2 aliphatic heterocycles. The van der Waals surface area contributed by atoms with Gasteiger partial charge in [-0.1, -0.05) is 0 Å². The Labute approximate surface area is 102 Å². The van der Waals surface area contributed by atoms with E-state index in [2.05, 4.69) is 10.2 Å². The van der Waals surface area contributed by atoms with Crippen LogP contribution in [0.25, 0.3) is 0 Å². The van der Waals surface area contributed by atoms with E-state index in [-0.39, 0.29) is 5.91 Å². The van der Waals surface area contributed by atoms with Crippen molar-refractivity contribution in [2.75, 3.05) is 0 Å². The van der Waals surface area contributed by atoms with Crippen molar-refractivity contribution in [1.29, 1.82) is 0 Å². The number of nitrogens with zero attached hydrogens (tertiary/aromatic N) is 3. The molecular weight excluding hydrogens is 238 g/mol. The fourth-order valence-electron chi connectivity index (χ4n) is 2.82. The molecule has 0 aromatic carbocycles. The second-order valence-corrected chi connectivity index (χ2v) is 4.57. The molecular formula is C11H11N3O4. The largest absolute Gasteiger partial charge is 0.479 e. The van der Waals surface area contributed by atoms with Gasteiger partial charge in [0.1, 0.15) is 5.69 Å². The first-order valence-corrected chi connectivity index (χ1v) is 5.58. The number of carboxylic acid groups (broad SMARTS) is 1. The van der Waals surface area contributed by atoms with E-state index in [4.69, 9.17) is 0 Å². The molecule has 1 aromatic rings. The van der Waals surface area contributed by atoms with Gasteiger partial charge < -0.3 is 15.1 Å². The molecule has 3 heterocycles. The number of carboxylic acids is 1. The van der Waals surface area contributed by atoms with Gasteiger partial charge in [0.2, 0.25) is 5.91 Å². The lowest BCUT2D eigenvalue weighted by Crippen LogP contribution is -2.57. The number of aliphatic hydroxyl groups excluding tert-OH is 1. The second kappa shape index (κ2) is 3.49. The summed E-state index contributed by atoms with van der Waals surface area (Å²) in [6, 6.07) is 0.176. The van der Waals surface area contributed by atoms with Gasteiger partial charge >= 0.3 is 5.97 Å². The summed E-state index contributed by atoms with van der Waals surface area (Å²) in [6.07, 6.45) is 0.649. The standard InChI is InChI=1S/C11H11N3O4/c1-4(15)6-8-5-2-3-12-13-7(5)9(11(17)18)14(8)10(6)16/h2-4,6,8-9,15H,1H3,(H,17,18)/t4-,6-,8-,9+/m1/s1. The summed E-state index contributed by atoms with van der Waals surface area (Å²) in [7, 11) is 0. The van der Waals surface area contributed by atoms with Gasteiger partial charge in [0, 0.05) is 11.8 Å². The molecule has 1 amide bonds. The highest BCUT2D eigenvalue weighted by molar-refractivity contribution is 5.94. The predicted octanol–water partition coefficient (Wildman–Crippen LogP) is -0.504. The number of hydrogen-bond acceptors (Lipinski definition) is 5. The Hall–Kier alpha value is -2.02. The minimum Gasteiger partial charge on any atom is -0.479 e. The maximum Gasteiger partial charge on any atom is 0.332 e. The first-order chi connectivity index (χ1) is 8.54. The number of hydrogen-bond donors (Lipinski definition) is 2. The van der Waals surface area contributed by atoms with E-state index < -0.39 is 30.1 Å². The SMILES string of the molecule is C[C@@H](O)[C@H]1C(=O)N2[C@H](C(=O)O)c3nnccc3[C@H]12. The van der Waals surface area contributed by atoms with E-state index >= 15 is 0 Å². The fourth-order valence-corrected chi connectivity index (χ4v) is 2.82. The maximum atomic E-state index is 11.9. The van der Waals surface area contributed by atoms with Crippen LogP contribution in [0.4, 0.5) is 0 Å². The van der Waals surface area contributed by atoms with E-state index in [1.807, 2.05) is 0 Å². The van der Waals surface area contributed by atoms with Gasteiger partial charge in [0.15, 0.2) is 6.04 Å². The van der Waals surface area contributed by atoms with Gasteiger partial charge in [0.25, 0.3) is 0 Å². The van der Waals surface area contributed by atoms with E-state index in [1.54, 1.807) is 6.07 Å². The summed E-state index contributed by atoms with van der Waals surface area (Å²) >= 11 is 0. The molecule has 3 rings (SSSR count). The summed E-state index contributed by atoms with van der Waals surface area (Å²) in [6.45, 7) is 1.53. The van der Waals surface area contributed by atoms with Crippen LogP contribution in [-0.4, -0.2) is 43.3 Å². The van der Waals surface area contributed by atoms with Crippen molar-refractivity contribution < 1.29 is 19.8 Å². The van der Waals surface area contributed by atoms with Crippen molar-refractivity contribution in [2.24, 2.45) is 5.92 Å². The van der Waals surface area contributed by atoms with E-state index in [9.17, 15) is 19.8 Å². The van der Waals surface area contributed by atoms with Crippen molar-refractivity contribution in [1.82, 2.24) is 15.1 Å².